The molecule has 0 amide bonds. The Balaban J connectivity index is 2.08. The predicted molar refractivity (Wildman–Crippen MR) is 110 cm³/mol. The molecule has 0 unspecified atom stereocenters. The molecule has 0 aliphatic rings. The normalized spacial score (nSPS) is 11.0. The Kier molecular flexibility index (Phi) is 3.92. The van der Waals surface area contributed by atoms with Gasteiger partial charge >= 0.3 is 5.97 Å². The number of nitrogens with two attached hydrogens (primary N) is 1. The van der Waals surface area contributed by atoms with Crippen molar-refractivity contribution < 1.29 is 9.90 Å². The predicted octanol–water partition coefficient (Wildman–Crippen LogP) is 5.03. The number of carbonyl (C=O) groups is 1. The summed E-state index contributed by atoms with van der Waals surface area (Å²) in [5.41, 5.74) is 11.8. The third-order valence-electron chi connectivity index (χ3n) is 4.64. The van der Waals surface area contributed by atoms with E-state index in [1.807, 2.05) is 56.3 Å². The molecule has 5 nitrogen and oxygen atoms in total. The fraction of sp³-hybridized carbons (Fsp3) is 0.0909. The molecule has 3 aromatic carbocycles. The lowest BCUT2D eigenvalue weighted by atomic mass is 10.0. The van der Waals surface area contributed by atoms with Gasteiger partial charge in [0.05, 0.1) is 22.3 Å². The summed E-state index contributed by atoms with van der Waals surface area (Å²) in [6, 6.07) is 16.9. The second kappa shape index (κ2) is 6.29. The van der Waals surface area contributed by atoms with E-state index in [-0.39, 0.29) is 5.56 Å². The number of hydrogen-bond donors (Lipinski definition) is 3. The van der Waals surface area contributed by atoms with Crippen molar-refractivity contribution >= 4 is 44.8 Å². The maximum atomic E-state index is 11.7. The van der Waals surface area contributed by atoms with Crippen LogP contribution in [0.2, 0.25) is 0 Å². The van der Waals surface area contributed by atoms with E-state index in [4.69, 9.17) is 10.7 Å². The van der Waals surface area contributed by atoms with Crippen molar-refractivity contribution in [1.29, 1.82) is 0 Å². The van der Waals surface area contributed by atoms with E-state index in [0.29, 0.717) is 11.2 Å². The molecule has 0 aliphatic carbocycles. The van der Waals surface area contributed by atoms with Gasteiger partial charge in [-0.1, -0.05) is 30.3 Å². The van der Waals surface area contributed by atoms with Crippen LogP contribution in [0.25, 0.3) is 21.8 Å². The number of para-hydroxylation sites is 2. The lowest BCUT2D eigenvalue weighted by Gasteiger charge is -2.16. The van der Waals surface area contributed by atoms with Crippen LogP contribution in [0.5, 0.6) is 0 Å². The number of nitrogens with zero attached hydrogens (tertiary/aromatic N) is 1. The van der Waals surface area contributed by atoms with Gasteiger partial charge in [0.2, 0.25) is 0 Å². The largest absolute Gasteiger partial charge is 0.478 e. The quantitative estimate of drug-likeness (QED) is 0.353. The summed E-state index contributed by atoms with van der Waals surface area (Å²) in [6.07, 6.45) is 0. The summed E-state index contributed by atoms with van der Waals surface area (Å²) in [4.78, 5) is 16.4. The van der Waals surface area contributed by atoms with Gasteiger partial charge in [-0.15, -0.1) is 0 Å². The van der Waals surface area contributed by atoms with Crippen LogP contribution in [-0.4, -0.2) is 16.1 Å². The summed E-state index contributed by atoms with van der Waals surface area (Å²) in [6.45, 7) is 3.95. The maximum Gasteiger partial charge on any atom is 0.337 e. The highest BCUT2D eigenvalue weighted by molar-refractivity contribution is 6.14. The van der Waals surface area contributed by atoms with Crippen molar-refractivity contribution in [1.82, 2.24) is 4.98 Å². The van der Waals surface area contributed by atoms with Gasteiger partial charge in [0.15, 0.2) is 0 Å². The molecule has 0 saturated heterocycles. The number of hydrogen-bond acceptors (Lipinski definition) is 4. The zero-order chi connectivity index (χ0) is 19.1. The van der Waals surface area contributed by atoms with Gasteiger partial charge in [-0.2, -0.15) is 0 Å². The Morgan fingerprint density at radius 3 is 2.41 bits per heavy atom. The number of carboxylic acid groups (broad SMARTS) is 1. The number of benzene rings is 3. The van der Waals surface area contributed by atoms with Gasteiger partial charge < -0.3 is 16.2 Å². The van der Waals surface area contributed by atoms with E-state index in [0.717, 1.165) is 38.8 Å². The van der Waals surface area contributed by atoms with Crippen molar-refractivity contribution in [2.24, 2.45) is 0 Å². The fourth-order valence-electron chi connectivity index (χ4n) is 3.47. The van der Waals surface area contributed by atoms with Crippen molar-refractivity contribution in [3.63, 3.8) is 0 Å². The number of carboxylic acids is 1. The van der Waals surface area contributed by atoms with Gasteiger partial charge in [0, 0.05) is 22.1 Å². The lowest BCUT2D eigenvalue weighted by Crippen LogP contribution is -2.02. The molecule has 5 heteroatoms. The van der Waals surface area contributed by atoms with E-state index >= 15 is 0 Å². The van der Waals surface area contributed by atoms with Crippen LogP contribution < -0.4 is 11.1 Å². The van der Waals surface area contributed by atoms with E-state index in [1.165, 1.54) is 0 Å². The molecule has 0 aliphatic heterocycles. The van der Waals surface area contributed by atoms with Crippen LogP contribution in [0.1, 0.15) is 21.5 Å². The number of fused-ring (bicyclic) bond motifs is 2. The Hall–Kier alpha value is -3.60. The number of aromatic carboxylic acids is 1. The summed E-state index contributed by atoms with van der Waals surface area (Å²) in [5.74, 6) is -0.994. The third-order valence-corrected chi connectivity index (χ3v) is 4.64. The van der Waals surface area contributed by atoms with Crippen LogP contribution in [0.4, 0.5) is 17.1 Å². The average molecular weight is 357 g/mol. The topological polar surface area (TPSA) is 88.2 Å². The second-order valence-electron chi connectivity index (χ2n) is 6.72. The third kappa shape index (κ3) is 2.93. The number of nitrogen functional groups attached to an aromatic ring is 1. The van der Waals surface area contributed by atoms with E-state index < -0.39 is 5.97 Å². The van der Waals surface area contributed by atoms with Crippen molar-refractivity contribution in [3.05, 3.63) is 71.3 Å². The minimum Gasteiger partial charge on any atom is -0.478 e. The SMILES string of the molecule is Cc1cc(N)cc(Nc2c3cccc(C)c3nc3c(C(=O)O)cccc23)c1. The molecule has 27 heavy (non-hydrogen) atoms. The fourth-order valence-corrected chi connectivity index (χ4v) is 3.47. The van der Waals surface area contributed by atoms with Crippen LogP contribution in [-0.2, 0) is 0 Å². The first-order valence-electron chi connectivity index (χ1n) is 8.63. The summed E-state index contributed by atoms with van der Waals surface area (Å²) < 4.78 is 0. The standard InChI is InChI=1S/C22H19N3O2/c1-12-9-14(23)11-15(10-12)24-20-16-6-3-5-13(2)19(16)25-21-17(20)7-4-8-18(21)22(26)27/h3-11H,23H2,1-2H3,(H,24,25)(H,26,27). The molecular weight excluding hydrogens is 338 g/mol. The molecular formula is C22H19N3O2. The molecule has 0 saturated carbocycles. The molecule has 134 valence electrons. The van der Waals surface area contributed by atoms with Crippen LogP contribution in [0.15, 0.2) is 54.6 Å². The molecule has 4 rings (SSSR count). The minimum atomic E-state index is -0.994. The Labute approximate surface area is 156 Å². The molecule has 1 aromatic heterocycles. The number of rotatable bonds is 3. The number of anilines is 3. The van der Waals surface area contributed by atoms with Gasteiger partial charge in [0.25, 0.3) is 0 Å². The Morgan fingerprint density at radius 1 is 1.00 bits per heavy atom. The van der Waals surface area contributed by atoms with E-state index in [9.17, 15) is 9.90 Å². The summed E-state index contributed by atoms with van der Waals surface area (Å²) in [7, 11) is 0. The van der Waals surface area contributed by atoms with Crippen LogP contribution in [0, 0.1) is 13.8 Å². The zero-order valence-electron chi connectivity index (χ0n) is 15.1. The van der Waals surface area contributed by atoms with Crippen molar-refractivity contribution in [2.75, 3.05) is 11.1 Å². The summed E-state index contributed by atoms with van der Waals surface area (Å²) >= 11 is 0. The molecule has 0 bridgehead atoms. The smallest absolute Gasteiger partial charge is 0.337 e. The molecule has 0 spiro atoms. The van der Waals surface area contributed by atoms with Gasteiger partial charge in [-0.25, -0.2) is 9.78 Å². The molecule has 4 N–H and O–H groups in total. The highest BCUT2D eigenvalue weighted by Gasteiger charge is 2.16. The molecule has 0 radical (unpaired) electrons. The molecule has 4 aromatic rings. The number of nitrogens with one attached hydrogen (secondary N) is 1. The average Bonchev–Trinajstić information content (AvgIpc) is 2.61. The van der Waals surface area contributed by atoms with Crippen molar-refractivity contribution in [3.8, 4) is 0 Å². The molecule has 0 fully saturated rings. The minimum absolute atomic E-state index is 0.185. The van der Waals surface area contributed by atoms with E-state index in [2.05, 4.69) is 5.32 Å². The maximum absolute atomic E-state index is 11.7. The highest BCUT2D eigenvalue weighted by Crippen LogP contribution is 2.36. The van der Waals surface area contributed by atoms with Crippen LogP contribution >= 0.6 is 0 Å². The first-order valence-corrected chi connectivity index (χ1v) is 8.63. The zero-order valence-corrected chi connectivity index (χ0v) is 15.1. The van der Waals surface area contributed by atoms with Crippen LogP contribution in [0.3, 0.4) is 0 Å². The molecule has 1 heterocycles. The lowest BCUT2D eigenvalue weighted by molar-refractivity contribution is 0.0699. The number of pyridine rings is 1. The first-order chi connectivity index (χ1) is 12.9. The highest BCUT2D eigenvalue weighted by atomic mass is 16.4. The van der Waals surface area contributed by atoms with E-state index in [1.54, 1.807) is 12.1 Å². The summed E-state index contributed by atoms with van der Waals surface area (Å²) in [5, 5.41) is 14.7. The Bertz CT molecular complexity index is 1200. The Morgan fingerprint density at radius 2 is 1.70 bits per heavy atom. The van der Waals surface area contributed by atoms with Gasteiger partial charge in [-0.3, -0.25) is 0 Å². The monoisotopic (exact) mass is 357 g/mol. The molecule has 0 atom stereocenters. The van der Waals surface area contributed by atoms with Gasteiger partial charge in [-0.05, 0) is 49.2 Å². The number of aromatic nitrogens is 1. The van der Waals surface area contributed by atoms with Gasteiger partial charge in [0.1, 0.15) is 0 Å². The number of aryl methyl sites for hydroxylation is 2. The van der Waals surface area contributed by atoms with Crippen molar-refractivity contribution in [2.45, 2.75) is 13.8 Å². The second-order valence-corrected chi connectivity index (χ2v) is 6.72. The first kappa shape index (κ1) is 16.8.